The number of halogens is 1. The predicted octanol–water partition coefficient (Wildman–Crippen LogP) is 2.90. The minimum atomic E-state index is -3.40. The number of thiophene rings is 1. The Kier molecular flexibility index (Phi) is 9.38. The Morgan fingerprint density at radius 3 is 2.33 bits per heavy atom. The SMILES string of the molecule is CCNC(=NCc1ccc(S(=O)(=O)N(C)C)cc1)N1CCN(c2cccs2)CC1.I. The average Bonchev–Trinajstić information content (AvgIpc) is 3.26. The van der Waals surface area contributed by atoms with Crippen LogP contribution in [-0.4, -0.2) is 70.4 Å². The molecule has 0 saturated carbocycles. The third-order valence-electron chi connectivity index (χ3n) is 4.85. The van der Waals surface area contributed by atoms with E-state index in [2.05, 4.69) is 39.6 Å². The van der Waals surface area contributed by atoms with Crippen molar-refractivity contribution in [1.29, 1.82) is 0 Å². The summed E-state index contributed by atoms with van der Waals surface area (Å²) in [6.07, 6.45) is 0. The molecule has 0 spiro atoms. The van der Waals surface area contributed by atoms with Crippen LogP contribution in [0.15, 0.2) is 51.7 Å². The zero-order valence-corrected chi connectivity index (χ0v) is 21.6. The molecule has 1 N–H and O–H groups in total. The van der Waals surface area contributed by atoms with Crippen LogP contribution in [0.2, 0.25) is 0 Å². The summed E-state index contributed by atoms with van der Waals surface area (Å²) in [6.45, 7) is 7.18. The van der Waals surface area contributed by atoms with Gasteiger partial charge in [0, 0.05) is 46.8 Å². The van der Waals surface area contributed by atoms with Gasteiger partial charge in [0.25, 0.3) is 0 Å². The van der Waals surface area contributed by atoms with Gasteiger partial charge in [0.15, 0.2) is 5.96 Å². The molecule has 7 nitrogen and oxygen atoms in total. The quantitative estimate of drug-likeness (QED) is 0.333. The van der Waals surface area contributed by atoms with E-state index in [1.54, 1.807) is 23.5 Å². The number of nitrogens with zero attached hydrogens (tertiary/aromatic N) is 4. The van der Waals surface area contributed by atoms with Crippen LogP contribution in [-0.2, 0) is 16.6 Å². The van der Waals surface area contributed by atoms with E-state index in [0.29, 0.717) is 11.4 Å². The largest absolute Gasteiger partial charge is 0.360 e. The molecule has 1 saturated heterocycles. The Labute approximate surface area is 200 Å². The first-order valence-electron chi connectivity index (χ1n) is 9.75. The third kappa shape index (κ3) is 6.08. The molecule has 1 aliphatic rings. The highest BCUT2D eigenvalue weighted by atomic mass is 127. The summed E-state index contributed by atoms with van der Waals surface area (Å²) < 4.78 is 25.6. The van der Waals surface area contributed by atoms with Crippen molar-refractivity contribution in [3.05, 3.63) is 47.3 Å². The number of rotatable bonds is 6. The van der Waals surface area contributed by atoms with Crippen molar-refractivity contribution in [3.8, 4) is 0 Å². The van der Waals surface area contributed by atoms with Crippen LogP contribution in [0.25, 0.3) is 0 Å². The molecule has 1 aromatic carbocycles. The second-order valence-corrected chi connectivity index (χ2v) is 10.1. The maximum Gasteiger partial charge on any atom is 0.242 e. The standard InChI is InChI=1S/C20H29N5O2S2.HI/c1-4-21-20(25-13-11-24(12-14-25)19-6-5-15-28-19)22-16-17-7-9-18(10-8-17)29(26,27)23(2)3;/h5-10,15H,4,11-14,16H2,1-3H3,(H,21,22);1H. The fourth-order valence-corrected chi connectivity index (χ4v) is 4.85. The van der Waals surface area contributed by atoms with Gasteiger partial charge in [0.2, 0.25) is 10.0 Å². The Morgan fingerprint density at radius 2 is 1.80 bits per heavy atom. The van der Waals surface area contributed by atoms with Crippen LogP contribution < -0.4 is 10.2 Å². The fraction of sp³-hybridized carbons (Fsp3) is 0.450. The van der Waals surface area contributed by atoms with Crippen LogP contribution in [0.4, 0.5) is 5.00 Å². The van der Waals surface area contributed by atoms with Crippen molar-refractivity contribution in [1.82, 2.24) is 14.5 Å². The van der Waals surface area contributed by atoms with Crippen LogP contribution in [0.5, 0.6) is 0 Å². The highest BCUT2D eigenvalue weighted by Crippen LogP contribution is 2.22. The topological polar surface area (TPSA) is 68.2 Å². The van der Waals surface area contributed by atoms with E-state index in [1.807, 2.05) is 12.1 Å². The molecule has 0 unspecified atom stereocenters. The minimum Gasteiger partial charge on any atom is -0.360 e. The van der Waals surface area contributed by atoms with Crippen LogP contribution in [0.3, 0.4) is 0 Å². The van der Waals surface area contributed by atoms with E-state index in [4.69, 9.17) is 4.99 Å². The molecular weight excluding hydrogens is 533 g/mol. The molecule has 0 atom stereocenters. The predicted molar refractivity (Wildman–Crippen MR) is 136 cm³/mol. The van der Waals surface area contributed by atoms with Gasteiger partial charge in [-0.1, -0.05) is 12.1 Å². The van der Waals surface area contributed by atoms with Gasteiger partial charge in [-0.3, -0.25) is 0 Å². The molecule has 0 radical (unpaired) electrons. The van der Waals surface area contributed by atoms with E-state index in [9.17, 15) is 8.42 Å². The van der Waals surface area contributed by atoms with Crippen LogP contribution in [0.1, 0.15) is 12.5 Å². The normalized spacial score (nSPS) is 15.3. The highest BCUT2D eigenvalue weighted by Gasteiger charge is 2.20. The lowest BCUT2D eigenvalue weighted by Gasteiger charge is -2.37. The number of piperazine rings is 1. The number of sulfonamides is 1. The van der Waals surface area contributed by atoms with Gasteiger partial charge in [-0.15, -0.1) is 35.3 Å². The lowest BCUT2D eigenvalue weighted by molar-refractivity contribution is 0.373. The van der Waals surface area contributed by atoms with Crippen molar-refractivity contribution in [2.24, 2.45) is 4.99 Å². The molecule has 3 rings (SSSR count). The van der Waals surface area contributed by atoms with Crippen molar-refractivity contribution >= 4 is 56.3 Å². The highest BCUT2D eigenvalue weighted by molar-refractivity contribution is 14.0. The zero-order chi connectivity index (χ0) is 20.9. The van der Waals surface area contributed by atoms with Crippen LogP contribution in [0, 0.1) is 0 Å². The molecule has 0 aliphatic carbocycles. The van der Waals surface area contributed by atoms with E-state index in [-0.39, 0.29) is 24.0 Å². The molecule has 1 fully saturated rings. The summed E-state index contributed by atoms with van der Waals surface area (Å²) in [5, 5.41) is 6.81. The monoisotopic (exact) mass is 563 g/mol. The molecule has 10 heteroatoms. The first-order valence-corrected chi connectivity index (χ1v) is 12.1. The Bertz CT molecular complexity index is 907. The molecule has 2 heterocycles. The molecule has 1 aliphatic heterocycles. The first kappa shape index (κ1) is 24.9. The Hall–Kier alpha value is -1.37. The minimum absolute atomic E-state index is 0. The smallest absolute Gasteiger partial charge is 0.242 e. The second-order valence-electron chi connectivity index (χ2n) is 7.03. The number of hydrogen-bond donors (Lipinski definition) is 1. The third-order valence-corrected chi connectivity index (χ3v) is 7.60. The molecule has 1 aromatic heterocycles. The van der Waals surface area contributed by atoms with E-state index in [0.717, 1.165) is 44.2 Å². The summed E-state index contributed by atoms with van der Waals surface area (Å²) in [7, 11) is -0.329. The van der Waals surface area contributed by atoms with Crippen molar-refractivity contribution in [3.63, 3.8) is 0 Å². The number of aliphatic imine (C=N–C) groups is 1. The van der Waals surface area contributed by atoms with Gasteiger partial charge in [0.05, 0.1) is 16.4 Å². The maximum absolute atomic E-state index is 12.2. The van der Waals surface area contributed by atoms with E-state index < -0.39 is 10.0 Å². The van der Waals surface area contributed by atoms with E-state index >= 15 is 0 Å². The van der Waals surface area contributed by atoms with Gasteiger partial charge < -0.3 is 15.1 Å². The zero-order valence-electron chi connectivity index (χ0n) is 17.6. The van der Waals surface area contributed by atoms with Crippen molar-refractivity contribution in [2.45, 2.75) is 18.4 Å². The van der Waals surface area contributed by atoms with Crippen molar-refractivity contribution in [2.75, 3.05) is 51.7 Å². The summed E-state index contributed by atoms with van der Waals surface area (Å²) in [5.74, 6) is 0.906. The summed E-state index contributed by atoms with van der Waals surface area (Å²) in [4.78, 5) is 9.78. The second kappa shape index (κ2) is 11.3. The number of nitrogens with one attached hydrogen (secondary N) is 1. The van der Waals surface area contributed by atoms with Gasteiger partial charge in [0.1, 0.15) is 0 Å². The lowest BCUT2D eigenvalue weighted by atomic mass is 10.2. The number of guanidine groups is 1. The van der Waals surface area contributed by atoms with Crippen LogP contribution >= 0.6 is 35.3 Å². The van der Waals surface area contributed by atoms with Gasteiger partial charge in [-0.25, -0.2) is 17.7 Å². The molecule has 30 heavy (non-hydrogen) atoms. The number of anilines is 1. The molecule has 0 bridgehead atoms. The van der Waals surface area contributed by atoms with Gasteiger partial charge in [-0.05, 0) is 42.1 Å². The lowest BCUT2D eigenvalue weighted by Crippen LogP contribution is -2.52. The number of hydrogen-bond acceptors (Lipinski definition) is 5. The molecule has 0 amide bonds. The van der Waals surface area contributed by atoms with Gasteiger partial charge in [-0.2, -0.15) is 0 Å². The molecule has 166 valence electrons. The first-order chi connectivity index (χ1) is 13.9. The molecular formula is C20H30IN5O2S2. The molecule has 2 aromatic rings. The van der Waals surface area contributed by atoms with Gasteiger partial charge >= 0.3 is 0 Å². The number of benzene rings is 1. The van der Waals surface area contributed by atoms with Crippen molar-refractivity contribution < 1.29 is 8.42 Å². The summed E-state index contributed by atoms with van der Waals surface area (Å²) in [6, 6.07) is 11.2. The summed E-state index contributed by atoms with van der Waals surface area (Å²) in [5.41, 5.74) is 0.982. The summed E-state index contributed by atoms with van der Waals surface area (Å²) >= 11 is 1.78. The fourth-order valence-electron chi connectivity index (χ4n) is 3.16. The van der Waals surface area contributed by atoms with E-state index in [1.165, 1.54) is 23.4 Å². The average molecular weight is 564 g/mol. The Balaban J connectivity index is 0.00000320. The Morgan fingerprint density at radius 1 is 1.13 bits per heavy atom. The maximum atomic E-state index is 12.2.